The standard InChI is InChI=1S/C14H9ClN2O2/c15-12-7-9-5-6-16-13(9)8-11(12)10-3-1-2-4-14(10)17(18)19/h1-8,16H. The average molecular weight is 273 g/mol. The number of halogens is 1. The van der Waals surface area contributed by atoms with E-state index in [0.29, 0.717) is 16.1 Å². The van der Waals surface area contributed by atoms with Crippen LogP contribution in [0.25, 0.3) is 22.0 Å². The highest BCUT2D eigenvalue weighted by molar-refractivity contribution is 6.34. The molecule has 94 valence electrons. The van der Waals surface area contributed by atoms with Crippen LogP contribution in [0, 0.1) is 10.1 Å². The third-order valence-corrected chi connectivity index (χ3v) is 3.34. The van der Waals surface area contributed by atoms with Crippen molar-refractivity contribution in [2.75, 3.05) is 0 Å². The summed E-state index contributed by atoms with van der Waals surface area (Å²) in [6, 6.07) is 12.1. The maximum Gasteiger partial charge on any atom is 0.277 e. The van der Waals surface area contributed by atoms with Crippen molar-refractivity contribution in [1.29, 1.82) is 0 Å². The van der Waals surface area contributed by atoms with Gasteiger partial charge in [-0.25, -0.2) is 0 Å². The SMILES string of the molecule is O=[N+]([O-])c1ccccc1-c1cc2[nH]ccc2cc1Cl. The molecule has 0 aliphatic heterocycles. The maximum absolute atomic E-state index is 11.1. The van der Waals surface area contributed by atoms with E-state index < -0.39 is 4.92 Å². The zero-order valence-corrected chi connectivity index (χ0v) is 10.5. The normalized spacial score (nSPS) is 10.8. The van der Waals surface area contributed by atoms with Crippen LogP contribution in [-0.4, -0.2) is 9.91 Å². The first-order valence-corrected chi connectivity index (χ1v) is 6.05. The minimum Gasteiger partial charge on any atom is -0.361 e. The van der Waals surface area contributed by atoms with Crippen molar-refractivity contribution in [2.45, 2.75) is 0 Å². The molecular formula is C14H9ClN2O2. The van der Waals surface area contributed by atoms with Gasteiger partial charge >= 0.3 is 0 Å². The van der Waals surface area contributed by atoms with Gasteiger partial charge < -0.3 is 4.98 Å². The summed E-state index contributed by atoms with van der Waals surface area (Å²) in [5.41, 5.74) is 2.13. The molecule has 3 aromatic rings. The third kappa shape index (κ3) is 1.96. The highest BCUT2D eigenvalue weighted by Gasteiger charge is 2.17. The molecule has 1 aromatic heterocycles. The Morgan fingerprint density at radius 1 is 1.11 bits per heavy atom. The Labute approximate surface area is 113 Å². The van der Waals surface area contributed by atoms with Crippen molar-refractivity contribution in [3.05, 3.63) is 63.8 Å². The van der Waals surface area contributed by atoms with E-state index in [1.54, 1.807) is 24.3 Å². The van der Waals surface area contributed by atoms with Gasteiger partial charge in [0, 0.05) is 33.8 Å². The first-order valence-electron chi connectivity index (χ1n) is 5.67. The van der Waals surface area contributed by atoms with Crippen LogP contribution in [0.5, 0.6) is 0 Å². The number of aromatic nitrogens is 1. The molecule has 1 heterocycles. The van der Waals surface area contributed by atoms with Gasteiger partial charge in [-0.15, -0.1) is 0 Å². The van der Waals surface area contributed by atoms with Gasteiger partial charge in [0.05, 0.1) is 10.5 Å². The lowest BCUT2D eigenvalue weighted by molar-refractivity contribution is -0.384. The molecule has 0 spiro atoms. The highest BCUT2D eigenvalue weighted by atomic mass is 35.5. The number of hydrogen-bond donors (Lipinski definition) is 1. The summed E-state index contributed by atoms with van der Waals surface area (Å²) in [5, 5.41) is 12.6. The number of nitrogens with zero attached hydrogens (tertiary/aromatic N) is 1. The number of fused-ring (bicyclic) bond motifs is 1. The molecule has 1 N–H and O–H groups in total. The molecule has 0 bridgehead atoms. The number of hydrogen-bond acceptors (Lipinski definition) is 2. The van der Waals surface area contributed by atoms with Crippen molar-refractivity contribution in [2.24, 2.45) is 0 Å². The molecule has 0 aliphatic carbocycles. The van der Waals surface area contributed by atoms with Crippen LogP contribution in [0.1, 0.15) is 0 Å². The Balaban J connectivity index is 2.29. The van der Waals surface area contributed by atoms with Crippen molar-refractivity contribution in [1.82, 2.24) is 4.98 Å². The highest BCUT2D eigenvalue weighted by Crippen LogP contribution is 2.36. The number of para-hydroxylation sites is 1. The third-order valence-electron chi connectivity index (χ3n) is 3.03. The number of benzene rings is 2. The Morgan fingerprint density at radius 3 is 2.68 bits per heavy atom. The van der Waals surface area contributed by atoms with Crippen LogP contribution < -0.4 is 0 Å². The van der Waals surface area contributed by atoms with E-state index in [4.69, 9.17) is 11.6 Å². The van der Waals surface area contributed by atoms with E-state index in [2.05, 4.69) is 4.98 Å². The average Bonchev–Trinajstić information content (AvgIpc) is 2.84. The van der Waals surface area contributed by atoms with Gasteiger partial charge in [-0.3, -0.25) is 10.1 Å². The van der Waals surface area contributed by atoms with E-state index in [-0.39, 0.29) is 5.69 Å². The van der Waals surface area contributed by atoms with Crippen molar-refractivity contribution < 1.29 is 4.92 Å². The van der Waals surface area contributed by atoms with Crippen molar-refractivity contribution in [3.8, 4) is 11.1 Å². The molecular weight excluding hydrogens is 264 g/mol. The Kier molecular flexibility index (Phi) is 2.72. The number of H-pyrrole nitrogens is 1. The molecule has 19 heavy (non-hydrogen) atoms. The molecule has 0 radical (unpaired) electrons. The molecule has 3 rings (SSSR count). The van der Waals surface area contributed by atoms with Gasteiger partial charge in [0.15, 0.2) is 0 Å². The number of nitro groups is 1. The fourth-order valence-electron chi connectivity index (χ4n) is 2.14. The lowest BCUT2D eigenvalue weighted by Gasteiger charge is -2.06. The topological polar surface area (TPSA) is 58.9 Å². The molecule has 0 saturated carbocycles. The number of nitro benzene ring substituents is 1. The van der Waals surface area contributed by atoms with Crippen LogP contribution in [-0.2, 0) is 0 Å². The van der Waals surface area contributed by atoms with Gasteiger partial charge in [-0.05, 0) is 24.3 Å². The predicted molar refractivity (Wildman–Crippen MR) is 75.4 cm³/mol. The van der Waals surface area contributed by atoms with Crippen LogP contribution in [0.3, 0.4) is 0 Å². The summed E-state index contributed by atoms with van der Waals surface area (Å²) < 4.78 is 0. The van der Waals surface area contributed by atoms with Crippen molar-refractivity contribution in [3.63, 3.8) is 0 Å². The molecule has 0 atom stereocenters. The van der Waals surface area contributed by atoms with E-state index in [1.165, 1.54) is 6.07 Å². The van der Waals surface area contributed by atoms with Crippen LogP contribution in [0.4, 0.5) is 5.69 Å². The van der Waals surface area contributed by atoms with E-state index in [9.17, 15) is 10.1 Å². The minimum absolute atomic E-state index is 0.0512. The van der Waals surface area contributed by atoms with Crippen LogP contribution in [0.2, 0.25) is 5.02 Å². The number of nitrogens with one attached hydrogen (secondary N) is 1. The van der Waals surface area contributed by atoms with Gasteiger partial charge in [-0.1, -0.05) is 23.7 Å². The second-order valence-corrected chi connectivity index (χ2v) is 4.58. The first-order chi connectivity index (χ1) is 9.16. The summed E-state index contributed by atoms with van der Waals surface area (Å²) in [5.74, 6) is 0. The Bertz CT molecular complexity index is 780. The monoisotopic (exact) mass is 272 g/mol. The Hall–Kier alpha value is -2.33. The van der Waals surface area contributed by atoms with Gasteiger partial charge in [0.1, 0.15) is 0 Å². The molecule has 0 aliphatic rings. The van der Waals surface area contributed by atoms with Gasteiger partial charge in [0.2, 0.25) is 0 Å². The van der Waals surface area contributed by atoms with Crippen LogP contribution in [0.15, 0.2) is 48.7 Å². The molecule has 5 heteroatoms. The lowest BCUT2D eigenvalue weighted by Crippen LogP contribution is -1.92. The lowest BCUT2D eigenvalue weighted by atomic mass is 10.0. The quantitative estimate of drug-likeness (QED) is 0.555. The Morgan fingerprint density at radius 2 is 1.89 bits per heavy atom. The van der Waals surface area contributed by atoms with Crippen molar-refractivity contribution >= 4 is 28.2 Å². The summed E-state index contributed by atoms with van der Waals surface area (Å²) in [6.45, 7) is 0. The first kappa shape index (κ1) is 11.7. The molecule has 4 nitrogen and oxygen atoms in total. The second-order valence-electron chi connectivity index (χ2n) is 4.17. The zero-order chi connectivity index (χ0) is 13.4. The van der Waals surface area contributed by atoms with E-state index in [1.807, 2.05) is 18.3 Å². The summed E-state index contributed by atoms with van der Waals surface area (Å²) in [6.07, 6.45) is 1.81. The van der Waals surface area contributed by atoms with Crippen LogP contribution >= 0.6 is 11.6 Å². The summed E-state index contributed by atoms with van der Waals surface area (Å²) in [7, 11) is 0. The van der Waals surface area contributed by atoms with Gasteiger partial charge in [0.25, 0.3) is 5.69 Å². The van der Waals surface area contributed by atoms with E-state index in [0.717, 1.165) is 10.9 Å². The number of aromatic amines is 1. The van der Waals surface area contributed by atoms with Gasteiger partial charge in [-0.2, -0.15) is 0 Å². The zero-order valence-electron chi connectivity index (χ0n) is 9.76. The second kappa shape index (κ2) is 4.40. The maximum atomic E-state index is 11.1. The number of rotatable bonds is 2. The largest absolute Gasteiger partial charge is 0.361 e. The molecule has 0 saturated heterocycles. The molecule has 0 amide bonds. The minimum atomic E-state index is -0.398. The fraction of sp³-hybridized carbons (Fsp3) is 0. The summed E-state index contributed by atoms with van der Waals surface area (Å²) in [4.78, 5) is 13.8. The predicted octanol–water partition coefficient (Wildman–Crippen LogP) is 4.40. The summed E-state index contributed by atoms with van der Waals surface area (Å²) >= 11 is 6.23. The molecule has 0 fully saturated rings. The molecule has 0 unspecified atom stereocenters. The molecule has 2 aromatic carbocycles. The fourth-order valence-corrected chi connectivity index (χ4v) is 2.41. The smallest absolute Gasteiger partial charge is 0.277 e. The van der Waals surface area contributed by atoms with E-state index >= 15 is 0 Å².